The fourth-order valence-electron chi connectivity index (χ4n) is 2.33. The van der Waals surface area contributed by atoms with E-state index in [0.717, 1.165) is 17.1 Å². The van der Waals surface area contributed by atoms with Crippen molar-refractivity contribution >= 4 is 33.2 Å². The van der Waals surface area contributed by atoms with Crippen molar-refractivity contribution in [3.05, 3.63) is 36.0 Å². The molecule has 0 saturated heterocycles. The van der Waals surface area contributed by atoms with Gasteiger partial charge < -0.3 is 9.30 Å². The van der Waals surface area contributed by atoms with Gasteiger partial charge in [0.15, 0.2) is 0 Å². The van der Waals surface area contributed by atoms with Crippen LogP contribution in [0.25, 0.3) is 20.8 Å². The molecule has 3 rings (SSSR count). The molecule has 3 nitrogen and oxygen atoms in total. The van der Waals surface area contributed by atoms with Crippen molar-refractivity contribution in [2.24, 2.45) is 0 Å². The lowest BCUT2D eigenvalue weighted by atomic mass is 10.2. The lowest BCUT2D eigenvalue weighted by Gasteiger charge is -2.03. The molecule has 0 radical (unpaired) electrons. The van der Waals surface area contributed by atoms with E-state index in [2.05, 4.69) is 28.6 Å². The zero-order chi connectivity index (χ0) is 14.1. The van der Waals surface area contributed by atoms with Crippen LogP contribution >= 0.6 is 22.9 Å². The Labute approximate surface area is 126 Å². The molecule has 0 N–H and O–H groups in total. The summed E-state index contributed by atoms with van der Waals surface area (Å²) in [6.45, 7) is 2.95. The Hall–Kier alpha value is -1.52. The first kappa shape index (κ1) is 13.5. The molecule has 0 fully saturated rings. The van der Waals surface area contributed by atoms with Gasteiger partial charge in [0.1, 0.15) is 4.83 Å². The summed E-state index contributed by atoms with van der Waals surface area (Å²) in [5.41, 5.74) is 2.19. The summed E-state index contributed by atoms with van der Waals surface area (Å²) in [5, 5.41) is 1.25. The second-order valence-corrected chi connectivity index (χ2v) is 5.97. The molecule has 0 spiro atoms. The van der Waals surface area contributed by atoms with Crippen molar-refractivity contribution in [1.82, 2.24) is 9.55 Å². The van der Waals surface area contributed by atoms with Gasteiger partial charge in [-0.1, -0.05) is 6.07 Å². The maximum absolute atomic E-state index is 5.88. The first-order chi connectivity index (χ1) is 9.72. The molecule has 3 aromatic rings. The SMILES string of the molecule is COc1cccc(-c2cc3cc(C)n(CCCl)c3s2)n1. The molecule has 0 aliphatic heterocycles. The number of hydrogen-bond acceptors (Lipinski definition) is 3. The van der Waals surface area contributed by atoms with Gasteiger partial charge in [-0.15, -0.1) is 22.9 Å². The lowest BCUT2D eigenvalue weighted by Crippen LogP contribution is -1.99. The summed E-state index contributed by atoms with van der Waals surface area (Å²) in [6.07, 6.45) is 0. The second kappa shape index (κ2) is 5.46. The van der Waals surface area contributed by atoms with E-state index in [-0.39, 0.29) is 0 Å². The van der Waals surface area contributed by atoms with Crippen molar-refractivity contribution in [3.8, 4) is 16.5 Å². The molecular formula is C15H15ClN2OS. The second-order valence-electron chi connectivity index (χ2n) is 4.56. The van der Waals surface area contributed by atoms with Crippen LogP contribution in [0.15, 0.2) is 30.3 Å². The van der Waals surface area contributed by atoms with Crippen LogP contribution < -0.4 is 4.74 Å². The average molecular weight is 307 g/mol. The highest BCUT2D eigenvalue weighted by Gasteiger charge is 2.12. The Morgan fingerprint density at radius 3 is 2.95 bits per heavy atom. The monoisotopic (exact) mass is 306 g/mol. The summed E-state index contributed by atoms with van der Waals surface area (Å²) in [4.78, 5) is 6.89. The minimum Gasteiger partial charge on any atom is -0.481 e. The van der Waals surface area contributed by atoms with Gasteiger partial charge in [0.2, 0.25) is 5.88 Å². The Morgan fingerprint density at radius 2 is 2.20 bits per heavy atom. The molecular weight excluding hydrogens is 292 g/mol. The number of pyridine rings is 1. The normalized spacial score (nSPS) is 11.2. The van der Waals surface area contributed by atoms with Gasteiger partial charge in [-0.25, -0.2) is 4.98 Å². The van der Waals surface area contributed by atoms with Gasteiger partial charge >= 0.3 is 0 Å². The van der Waals surface area contributed by atoms with E-state index < -0.39 is 0 Å². The number of aryl methyl sites for hydroxylation is 2. The number of hydrogen-bond donors (Lipinski definition) is 0. The molecule has 0 atom stereocenters. The molecule has 3 aromatic heterocycles. The fourth-order valence-corrected chi connectivity index (χ4v) is 3.69. The number of thiophene rings is 1. The maximum atomic E-state index is 5.88. The van der Waals surface area contributed by atoms with Gasteiger partial charge in [0.05, 0.1) is 17.7 Å². The Morgan fingerprint density at radius 1 is 1.35 bits per heavy atom. The van der Waals surface area contributed by atoms with E-state index in [1.54, 1.807) is 18.4 Å². The van der Waals surface area contributed by atoms with Crippen LogP contribution in [-0.2, 0) is 6.54 Å². The van der Waals surface area contributed by atoms with E-state index in [1.807, 2.05) is 18.2 Å². The molecule has 3 heterocycles. The van der Waals surface area contributed by atoms with E-state index in [4.69, 9.17) is 16.3 Å². The summed E-state index contributed by atoms with van der Waals surface area (Å²) >= 11 is 7.63. The predicted octanol–water partition coefficient (Wildman–Crippen LogP) is 4.32. The predicted molar refractivity (Wildman–Crippen MR) is 85.1 cm³/mol. The number of fused-ring (bicyclic) bond motifs is 1. The van der Waals surface area contributed by atoms with Gasteiger partial charge in [-0.2, -0.15) is 0 Å². The van der Waals surface area contributed by atoms with Crippen molar-refractivity contribution in [3.63, 3.8) is 0 Å². The molecule has 20 heavy (non-hydrogen) atoms. The van der Waals surface area contributed by atoms with Gasteiger partial charge in [0.25, 0.3) is 0 Å². The zero-order valence-electron chi connectivity index (χ0n) is 11.4. The minimum atomic E-state index is 0.620. The third-order valence-corrected chi connectivity index (χ3v) is 4.63. The number of methoxy groups -OCH3 is 1. The van der Waals surface area contributed by atoms with Crippen LogP contribution in [0.3, 0.4) is 0 Å². The zero-order valence-corrected chi connectivity index (χ0v) is 13.0. The van der Waals surface area contributed by atoms with Crippen molar-refractivity contribution in [2.45, 2.75) is 13.5 Å². The molecule has 5 heteroatoms. The van der Waals surface area contributed by atoms with Crippen LogP contribution in [0, 0.1) is 6.92 Å². The number of nitrogens with zero attached hydrogens (tertiary/aromatic N) is 2. The third kappa shape index (κ3) is 2.30. The van der Waals surface area contributed by atoms with Crippen LogP contribution in [0.2, 0.25) is 0 Å². The molecule has 104 valence electrons. The van der Waals surface area contributed by atoms with E-state index >= 15 is 0 Å². The van der Waals surface area contributed by atoms with Crippen LogP contribution in [0.4, 0.5) is 0 Å². The molecule has 0 amide bonds. The minimum absolute atomic E-state index is 0.620. The number of halogens is 1. The van der Waals surface area contributed by atoms with Crippen LogP contribution in [0.1, 0.15) is 5.69 Å². The average Bonchev–Trinajstić information content (AvgIpc) is 2.99. The molecule has 0 bridgehead atoms. The summed E-state index contributed by atoms with van der Waals surface area (Å²) in [5.74, 6) is 1.26. The van der Waals surface area contributed by atoms with Gasteiger partial charge in [-0.3, -0.25) is 0 Å². The van der Waals surface area contributed by atoms with Crippen molar-refractivity contribution in [1.29, 1.82) is 0 Å². The molecule has 0 aliphatic rings. The Kier molecular flexibility index (Phi) is 3.68. The first-order valence-corrected chi connectivity index (χ1v) is 7.75. The smallest absolute Gasteiger partial charge is 0.213 e. The van der Waals surface area contributed by atoms with Crippen LogP contribution in [-0.4, -0.2) is 22.5 Å². The molecule has 0 aromatic carbocycles. The van der Waals surface area contributed by atoms with Crippen molar-refractivity contribution in [2.75, 3.05) is 13.0 Å². The maximum Gasteiger partial charge on any atom is 0.213 e. The summed E-state index contributed by atoms with van der Waals surface area (Å²) < 4.78 is 7.44. The van der Waals surface area contributed by atoms with Gasteiger partial charge in [-0.05, 0) is 25.1 Å². The first-order valence-electron chi connectivity index (χ1n) is 6.40. The standard InChI is InChI=1S/C15H15ClN2OS/c1-10-8-11-9-13(20-15(11)18(10)7-6-16)12-4-3-5-14(17-12)19-2/h3-5,8-9H,6-7H2,1-2H3. The fraction of sp³-hybridized carbons (Fsp3) is 0.267. The highest BCUT2D eigenvalue weighted by Crippen LogP contribution is 2.35. The highest BCUT2D eigenvalue weighted by molar-refractivity contribution is 7.21. The third-order valence-electron chi connectivity index (χ3n) is 3.27. The summed E-state index contributed by atoms with van der Waals surface area (Å²) in [6, 6.07) is 10.2. The quantitative estimate of drug-likeness (QED) is 0.671. The van der Waals surface area contributed by atoms with Crippen LogP contribution in [0.5, 0.6) is 5.88 Å². The largest absolute Gasteiger partial charge is 0.481 e. The van der Waals surface area contributed by atoms with E-state index in [9.17, 15) is 0 Å². The number of ether oxygens (including phenoxy) is 1. The molecule has 0 unspecified atom stereocenters. The number of rotatable bonds is 4. The summed E-state index contributed by atoms with van der Waals surface area (Å²) in [7, 11) is 1.63. The highest BCUT2D eigenvalue weighted by atomic mass is 35.5. The van der Waals surface area contributed by atoms with E-state index in [0.29, 0.717) is 11.8 Å². The van der Waals surface area contributed by atoms with E-state index in [1.165, 1.54) is 15.9 Å². The Balaban J connectivity index is 2.08. The number of alkyl halides is 1. The molecule has 0 saturated carbocycles. The number of aromatic nitrogens is 2. The Bertz CT molecular complexity index is 747. The topological polar surface area (TPSA) is 27.1 Å². The molecule has 0 aliphatic carbocycles. The van der Waals surface area contributed by atoms with Crippen molar-refractivity contribution < 1.29 is 4.74 Å². The lowest BCUT2D eigenvalue weighted by molar-refractivity contribution is 0.398. The van der Waals surface area contributed by atoms with Gasteiger partial charge in [0, 0.05) is 29.6 Å².